The summed E-state index contributed by atoms with van der Waals surface area (Å²) < 4.78 is 16.9. The highest BCUT2D eigenvalue weighted by atomic mass is 16.6. The van der Waals surface area contributed by atoms with Gasteiger partial charge in [-0.1, -0.05) is 269 Å². The Morgan fingerprint density at radius 2 is 0.481 bits per heavy atom. The molecular formula is C75H122O6. The van der Waals surface area contributed by atoms with Crippen molar-refractivity contribution in [1.82, 2.24) is 0 Å². The van der Waals surface area contributed by atoms with E-state index in [1.165, 1.54) is 89.9 Å². The zero-order chi connectivity index (χ0) is 58.5. The predicted octanol–water partition coefficient (Wildman–Crippen LogP) is 23.1. The molecule has 0 N–H and O–H groups in total. The average Bonchev–Trinajstić information content (AvgIpc) is 3.47. The summed E-state index contributed by atoms with van der Waals surface area (Å²) in [5, 5.41) is 0. The standard InChI is InChI=1S/C75H122O6/c1-4-7-10-13-16-19-22-25-28-31-33-34-35-36-37-38-39-40-41-42-43-45-47-50-53-56-59-62-65-68-74(77)80-71-72(70-79-73(76)67-64-61-58-55-52-49-46-30-27-24-21-18-15-12-9-6-3)81-75(78)69-66-63-60-57-54-51-48-44-32-29-26-23-20-17-14-11-8-5-2/h7,10,16,19-21,23-25,28-30,32-34,36-37,39-40,42-43,46-47,50,72H,4-6,8-9,11-15,17-18,22,26-27,31,35,38,41,44-45,48-49,51-71H2,1-3H3/b10-7-,19-16-,23-20-,24-21-,28-25-,32-29-,34-33-,37-36-,40-39-,43-42-,46-30-,50-47-. The van der Waals surface area contributed by atoms with Crippen LogP contribution >= 0.6 is 0 Å². The monoisotopic (exact) mass is 1120 g/mol. The van der Waals surface area contributed by atoms with Crippen LogP contribution in [0.2, 0.25) is 0 Å². The van der Waals surface area contributed by atoms with Crippen molar-refractivity contribution in [3.8, 4) is 0 Å². The van der Waals surface area contributed by atoms with Gasteiger partial charge in [0.1, 0.15) is 13.2 Å². The average molecular weight is 1120 g/mol. The van der Waals surface area contributed by atoms with Gasteiger partial charge in [-0.05, 0) is 148 Å². The Hall–Kier alpha value is -4.71. The number of hydrogen-bond acceptors (Lipinski definition) is 6. The van der Waals surface area contributed by atoms with E-state index in [1.807, 2.05) is 0 Å². The highest BCUT2D eigenvalue weighted by molar-refractivity contribution is 5.71. The molecule has 0 amide bonds. The molecule has 1 unspecified atom stereocenters. The normalized spacial score (nSPS) is 13.1. The third-order valence-corrected chi connectivity index (χ3v) is 13.8. The molecule has 0 aromatic rings. The molecule has 6 nitrogen and oxygen atoms in total. The first-order valence-electron chi connectivity index (χ1n) is 33.3. The van der Waals surface area contributed by atoms with E-state index < -0.39 is 6.10 Å². The molecule has 0 radical (unpaired) electrons. The topological polar surface area (TPSA) is 78.9 Å². The highest BCUT2D eigenvalue weighted by Crippen LogP contribution is 2.14. The number of unbranched alkanes of at least 4 members (excludes halogenated alkanes) is 24. The number of allylic oxidation sites excluding steroid dienone is 24. The molecule has 0 saturated carbocycles. The van der Waals surface area contributed by atoms with Gasteiger partial charge in [-0.2, -0.15) is 0 Å². The second-order valence-electron chi connectivity index (χ2n) is 21.6. The maximum absolute atomic E-state index is 12.9. The summed E-state index contributed by atoms with van der Waals surface area (Å²) in [4.78, 5) is 38.4. The molecule has 458 valence electrons. The fourth-order valence-electron chi connectivity index (χ4n) is 8.81. The SMILES string of the molecule is CC/C=C\C/C=C\C/C=C\C/C=C\C/C=C\C/C=C\C/C=C\C/C=C\CCCCCCC(=O)OCC(COC(=O)CCCCCCC/C=C\C/C=C\CCCCCC)OC(=O)CCCCCCCCC/C=C\C/C=C\CCCCCC. The van der Waals surface area contributed by atoms with Crippen molar-refractivity contribution in [2.45, 2.75) is 297 Å². The van der Waals surface area contributed by atoms with Crippen molar-refractivity contribution in [2.24, 2.45) is 0 Å². The molecule has 0 aromatic carbocycles. The van der Waals surface area contributed by atoms with Crippen molar-refractivity contribution >= 4 is 17.9 Å². The molecule has 0 rings (SSSR count). The molecule has 0 spiro atoms. The van der Waals surface area contributed by atoms with Crippen LogP contribution < -0.4 is 0 Å². The number of rotatable bonds is 59. The van der Waals surface area contributed by atoms with E-state index in [-0.39, 0.29) is 31.1 Å². The lowest BCUT2D eigenvalue weighted by molar-refractivity contribution is -0.167. The highest BCUT2D eigenvalue weighted by Gasteiger charge is 2.19. The number of carbonyl (C=O) groups excluding carboxylic acids is 3. The van der Waals surface area contributed by atoms with Gasteiger partial charge in [0.25, 0.3) is 0 Å². The predicted molar refractivity (Wildman–Crippen MR) is 352 cm³/mol. The van der Waals surface area contributed by atoms with Crippen molar-refractivity contribution < 1.29 is 28.6 Å². The summed E-state index contributed by atoms with van der Waals surface area (Å²) in [6, 6.07) is 0. The van der Waals surface area contributed by atoms with E-state index in [1.54, 1.807) is 0 Å². The van der Waals surface area contributed by atoms with Crippen LogP contribution in [0.3, 0.4) is 0 Å². The minimum Gasteiger partial charge on any atom is -0.462 e. The van der Waals surface area contributed by atoms with E-state index in [4.69, 9.17) is 14.2 Å². The second kappa shape index (κ2) is 67.8. The van der Waals surface area contributed by atoms with Gasteiger partial charge in [0, 0.05) is 19.3 Å². The van der Waals surface area contributed by atoms with Gasteiger partial charge in [-0.3, -0.25) is 14.4 Å². The minimum absolute atomic E-state index is 0.101. The lowest BCUT2D eigenvalue weighted by Crippen LogP contribution is -2.30. The van der Waals surface area contributed by atoms with Gasteiger partial charge >= 0.3 is 17.9 Å². The Morgan fingerprint density at radius 1 is 0.259 bits per heavy atom. The minimum atomic E-state index is -0.807. The van der Waals surface area contributed by atoms with Crippen LogP contribution in [0, 0.1) is 0 Å². The van der Waals surface area contributed by atoms with Crippen LogP contribution in [0.15, 0.2) is 146 Å². The third-order valence-electron chi connectivity index (χ3n) is 13.8. The number of hydrogen-bond donors (Lipinski definition) is 0. The molecule has 0 saturated heterocycles. The molecule has 0 aliphatic carbocycles. The first-order valence-corrected chi connectivity index (χ1v) is 33.3. The zero-order valence-electron chi connectivity index (χ0n) is 52.5. The maximum Gasteiger partial charge on any atom is 0.306 e. The van der Waals surface area contributed by atoms with Crippen LogP contribution in [-0.2, 0) is 28.6 Å². The Kier molecular flexibility index (Phi) is 63.9. The van der Waals surface area contributed by atoms with Gasteiger partial charge < -0.3 is 14.2 Å². The molecule has 6 heteroatoms. The number of carbonyl (C=O) groups is 3. The fourth-order valence-corrected chi connectivity index (χ4v) is 8.81. The van der Waals surface area contributed by atoms with Gasteiger partial charge in [0.05, 0.1) is 0 Å². The van der Waals surface area contributed by atoms with E-state index in [9.17, 15) is 14.4 Å². The molecular weight excluding hydrogens is 997 g/mol. The first kappa shape index (κ1) is 76.3. The smallest absolute Gasteiger partial charge is 0.306 e. The van der Waals surface area contributed by atoms with Crippen LogP contribution in [0.5, 0.6) is 0 Å². The van der Waals surface area contributed by atoms with Crippen molar-refractivity contribution in [3.63, 3.8) is 0 Å². The zero-order valence-corrected chi connectivity index (χ0v) is 52.5. The number of ether oxygens (including phenoxy) is 3. The van der Waals surface area contributed by atoms with Crippen LogP contribution in [0.25, 0.3) is 0 Å². The lowest BCUT2D eigenvalue weighted by atomic mass is 10.1. The van der Waals surface area contributed by atoms with E-state index in [0.29, 0.717) is 19.3 Å². The van der Waals surface area contributed by atoms with E-state index in [0.717, 1.165) is 161 Å². The van der Waals surface area contributed by atoms with Crippen molar-refractivity contribution in [1.29, 1.82) is 0 Å². The van der Waals surface area contributed by atoms with Gasteiger partial charge in [0.15, 0.2) is 6.10 Å². The summed E-state index contributed by atoms with van der Waals surface area (Å²) in [6.07, 6.45) is 97.0. The van der Waals surface area contributed by atoms with Crippen molar-refractivity contribution in [3.05, 3.63) is 146 Å². The first-order chi connectivity index (χ1) is 40.0. The summed E-state index contributed by atoms with van der Waals surface area (Å²) >= 11 is 0. The quantitative estimate of drug-likeness (QED) is 0.0261. The van der Waals surface area contributed by atoms with E-state index in [2.05, 4.69) is 167 Å². The fraction of sp³-hybridized carbons (Fsp3) is 0.640. The van der Waals surface area contributed by atoms with Crippen LogP contribution in [0.1, 0.15) is 290 Å². The number of esters is 3. The Balaban J connectivity index is 4.45. The van der Waals surface area contributed by atoms with E-state index >= 15 is 0 Å². The molecule has 0 aliphatic rings. The molecule has 0 aliphatic heterocycles. The molecule has 1 atom stereocenters. The van der Waals surface area contributed by atoms with Crippen LogP contribution in [-0.4, -0.2) is 37.2 Å². The summed E-state index contributed by atoms with van der Waals surface area (Å²) in [6.45, 7) is 6.46. The van der Waals surface area contributed by atoms with Gasteiger partial charge in [0.2, 0.25) is 0 Å². The maximum atomic E-state index is 12.9. The summed E-state index contributed by atoms with van der Waals surface area (Å²) in [5.41, 5.74) is 0. The molecule has 81 heavy (non-hydrogen) atoms. The van der Waals surface area contributed by atoms with Gasteiger partial charge in [-0.25, -0.2) is 0 Å². The lowest BCUT2D eigenvalue weighted by Gasteiger charge is -2.18. The van der Waals surface area contributed by atoms with Crippen LogP contribution in [0.4, 0.5) is 0 Å². The Bertz CT molecular complexity index is 1760. The summed E-state index contributed by atoms with van der Waals surface area (Å²) in [5.74, 6) is -0.945. The molecule has 0 bridgehead atoms. The summed E-state index contributed by atoms with van der Waals surface area (Å²) in [7, 11) is 0. The Labute approximate surface area is 499 Å². The largest absolute Gasteiger partial charge is 0.462 e. The molecule has 0 aromatic heterocycles. The second-order valence-corrected chi connectivity index (χ2v) is 21.6. The van der Waals surface area contributed by atoms with Gasteiger partial charge in [-0.15, -0.1) is 0 Å². The Morgan fingerprint density at radius 3 is 0.753 bits per heavy atom. The van der Waals surface area contributed by atoms with Crippen molar-refractivity contribution in [2.75, 3.05) is 13.2 Å². The third kappa shape index (κ3) is 66.0. The molecule has 0 heterocycles. The molecule has 0 fully saturated rings.